The van der Waals surface area contributed by atoms with E-state index in [4.69, 9.17) is 4.74 Å². The van der Waals surface area contributed by atoms with E-state index in [1.54, 1.807) is 31.2 Å². The number of aromatic nitrogens is 2. The molecule has 8 nitrogen and oxygen atoms in total. The summed E-state index contributed by atoms with van der Waals surface area (Å²) < 4.78 is 49.2. The molecule has 1 fully saturated rings. The molecule has 1 saturated carbocycles. The monoisotopic (exact) mass is 553 g/mol. The standard InChI is InChI=1S/C29H32FN3O5S/c1-19(34)17-32(39(36,37)27-7-5-4-6-25(27)28(35)38-3)18-22-9-8-21-14-26-20(15-29(21,22)2)16-31-33(26)24-12-10-23(30)11-13-24/h4-7,10-14,16,19,22,34H,8-9,15,17-18H2,1-3H3/t19-,22-,29+/m1/s1. The second kappa shape index (κ2) is 10.3. The Morgan fingerprint density at radius 2 is 1.97 bits per heavy atom. The van der Waals surface area contributed by atoms with E-state index >= 15 is 0 Å². The van der Waals surface area contributed by atoms with Crippen LogP contribution in [-0.2, 0) is 21.2 Å². The second-order valence-corrected chi connectivity index (χ2v) is 12.5. The molecule has 3 atom stereocenters. The van der Waals surface area contributed by atoms with Crippen LogP contribution >= 0.6 is 0 Å². The van der Waals surface area contributed by atoms with Gasteiger partial charge < -0.3 is 9.84 Å². The van der Waals surface area contributed by atoms with Gasteiger partial charge in [0.25, 0.3) is 0 Å². The molecule has 2 aliphatic rings. The van der Waals surface area contributed by atoms with Crippen molar-refractivity contribution in [3.63, 3.8) is 0 Å². The molecule has 0 spiro atoms. The van der Waals surface area contributed by atoms with E-state index in [-0.39, 0.29) is 40.7 Å². The molecule has 0 aliphatic heterocycles. The fraction of sp³-hybridized carbons (Fsp3) is 0.379. The number of aliphatic hydroxyl groups excluding tert-OH is 1. The SMILES string of the molecule is COC(=O)c1ccccc1S(=O)(=O)N(C[C@H]1CCC2=Cc3c(cnn3-c3ccc(F)cc3)C[C@@]21C)C[C@@H](C)O. The quantitative estimate of drug-likeness (QED) is 0.419. The number of rotatable bonds is 8. The van der Waals surface area contributed by atoms with Gasteiger partial charge in [-0.25, -0.2) is 22.3 Å². The first kappa shape index (κ1) is 27.2. The zero-order valence-corrected chi connectivity index (χ0v) is 23.0. The van der Waals surface area contributed by atoms with Gasteiger partial charge in [0.1, 0.15) is 5.82 Å². The van der Waals surface area contributed by atoms with Crippen LogP contribution in [0, 0.1) is 17.2 Å². The zero-order chi connectivity index (χ0) is 27.9. The third-order valence-corrected chi connectivity index (χ3v) is 9.91. The first-order chi connectivity index (χ1) is 18.5. The number of halogens is 1. The number of fused-ring (bicyclic) bond motifs is 2. The lowest BCUT2D eigenvalue weighted by Gasteiger charge is -2.38. The van der Waals surface area contributed by atoms with Crippen LogP contribution in [0.15, 0.2) is 65.2 Å². The normalized spacial score (nSPS) is 21.3. The first-order valence-corrected chi connectivity index (χ1v) is 14.4. The highest BCUT2D eigenvalue weighted by molar-refractivity contribution is 7.89. The smallest absolute Gasteiger partial charge is 0.339 e. The van der Waals surface area contributed by atoms with Gasteiger partial charge in [-0.15, -0.1) is 0 Å². The van der Waals surface area contributed by atoms with E-state index in [1.165, 1.54) is 41.3 Å². The molecular weight excluding hydrogens is 521 g/mol. The average Bonchev–Trinajstić information content (AvgIpc) is 3.46. The minimum Gasteiger partial charge on any atom is -0.465 e. The maximum Gasteiger partial charge on any atom is 0.339 e. The molecule has 0 unspecified atom stereocenters. The number of aliphatic hydroxyl groups is 1. The molecular formula is C29H32FN3O5S. The number of methoxy groups -OCH3 is 1. The van der Waals surface area contributed by atoms with Crippen LogP contribution in [0.2, 0.25) is 0 Å². The first-order valence-electron chi connectivity index (χ1n) is 12.9. The highest BCUT2D eigenvalue weighted by Crippen LogP contribution is 2.53. The van der Waals surface area contributed by atoms with Crippen molar-refractivity contribution in [2.75, 3.05) is 20.2 Å². The van der Waals surface area contributed by atoms with Gasteiger partial charge in [-0.2, -0.15) is 9.40 Å². The van der Waals surface area contributed by atoms with Gasteiger partial charge in [-0.3, -0.25) is 0 Å². The van der Waals surface area contributed by atoms with Crippen molar-refractivity contribution in [1.82, 2.24) is 14.1 Å². The predicted octanol–water partition coefficient (Wildman–Crippen LogP) is 4.23. The van der Waals surface area contributed by atoms with Crippen molar-refractivity contribution in [2.45, 2.75) is 44.1 Å². The number of carbonyl (C=O) groups is 1. The minimum atomic E-state index is -4.12. The van der Waals surface area contributed by atoms with E-state index in [1.807, 2.05) is 10.9 Å². The maximum atomic E-state index is 13.9. The number of esters is 1. The number of hydrogen-bond acceptors (Lipinski definition) is 6. The summed E-state index contributed by atoms with van der Waals surface area (Å²) in [6, 6.07) is 12.2. The summed E-state index contributed by atoms with van der Waals surface area (Å²) in [7, 11) is -2.91. The molecule has 5 rings (SSSR count). The Hall–Kier alpha value is -3.34. The van der Waals surface area contributed by atoms with Gasteiger partial charge in [0, 0.05) is 13.1 Å². The molecule has 0 saturated heterocycles. The minimum absolute atomic E-state index is 0.0233. The van der Waals surface area contributed by atoms with Crippen LogP contribution in [0.5, 0.6) is 0 Å². The number of sulfonamides is 1. The number of benzene rings is 2. The van der Waals surface area contributed by atoms with E-state index in [9.17, 15) is 22.7 Å². The lowest BCUT2D eigenvalue weighted by Crippen LogP contribution is -2.43. The van der Waals surface area contributed by atoms with Crippen molar-refractivity contribution in [3.05, 3.63) is 82.9 Å². The Morgan fingerprint density at radius 1 is 1.26 bits per heavy atom. The van der Waals surface area contributed by atoms with Crippen LogP contribution in [0.3, 0.4) is 0 Å². The zero-order valence-electron chi connectivity index (χ0n) is 22.2. The fourth-order valence-corrected chi connectivity index (χ4v) is 7.68. The van der Waals surface area contributed by atoms with Crippen molar-refractivity contribution < 1.29 is 27.4 Å². The number of nitrogens with zero attached hydrogens (tertiary/aromatic N) is 3. The summed E-state index contributed by atoms with van der Waals surface area (Å²) in [6.45, 7) is 3.80. The van der Waals surface area contributed by atoms with Gasteiger partial charge in [-0.05, 0) is 85.6 Å². The van der Waals surface area contributed by atoms with E-state index in [0.29, 0.717) is 6.42 Å². The lowest BCUT2D eigenvalue weighted by molar-refractivity contribution is 0.0596. The summed E-state index contributed by atoms with van der Waals surface area (Å²) in [5.41, 5.74) is 3.63. The van der Waals surface area contributed by atoms with Crippen molar-refractivity contribution in [3.8, 4) is 5.69 Å². The molecule has 0 amide bonds. The molecule has 10 heteroatoms. The molecule has 0 bridgehead atoms. The lowest BCUT2D eigenvalue weighted by atomic mass is 9.70. The third kappa shape index (κ3) is 4.92. The van der Waals surface area contributed by atoms with Crippen LogP contribution < -0.4 is 0 Å². The van der Waals surface area contributed by atoms with Crippen LogP contribution in [0.1, 0.15) is 48.3 Å². The molecule has 3 aromatic rings. The molecule has 2 aliphatic carbocycles. The largest absolute Gasteiger partial charge is 0.465 e. The summed E-state index contributed by atoms with van der Waals surface area (Å²) >= 11 is 0. The summed E-state index contributed by atoms with van der Waals surface area (Å²) in [4.78, 5) is 12.2. The van der Waals surface area contributed by atoms with E-state index in [2.05, 4.69) is 18.1 Å². The molecule has 206 valence electrons. The number of carbonyl (C=O) groups excluding carboxylic acids is 1. The molecule has 2 aromatic carbocycles. The fourth-order valence-electron chi connectivity index (χ4n) is 5.93. The second-order valence-electron chi connectivity index (χ2n) is 10.6. The topological polar surface area (TPSA) is 102 Å². The summed E-state index contributed by atoms with van der Waals surface area (Å²) in [5.74, 6) is -1.07. The molecule has 1 N–H and O–H groups in total. The molecule has 1 aromatic heterocycles. The Kier molecular flexibility index (Phi) is 7.21. The van der Waals surface area contributed by atoms with Gasteiger partial charge in [0.2, 0.25) is 10.0 Å². The van der Waals surface area contributed by atoms with Gasteiger partial charge in [-0.1, -0.05) is 24.6 Å². The molecule has 39 heavy (non-hydrogen) atoms. The average molecular weight is 554 g/mol. The molecule has 0 radical (unpaired) electrons. The van der Waals surface area contributed by atoms with E-state index in [0.717, 1.165) is 29.8 Å². The van der Waals surface area contributed by atoms with Gasteiger partial charge in [0.05, 0.1) is 41.3 Å². The number of ether oxygens (including phenoxy) is 1. The van der Waals surface area contributed by atoms with Crippen LogP contribution in [-0.4, -0.2) is 59.9 Å². The highest BCUT2D eigenvalue weighted by atomic mass is 32.2. The highest BCUT2D eigenvalue weighted by Gasteiger charge is 2.47. The Morgan fingerprint density at radius 3 is 2.67 bits per heavy atom. The molecule has 1 heterocycles. The Bertz CT molecular complexity index is 1530. The summed E-state index contributed by atoms with van der Waals surface area (Å²) in [6.07, 6.45) is 5.32. The van der Waals surface area contributed by atoms with Crippen LogP contribution in [0.25, 0.3) is 11.8 Å². The van der Waals surface area contributed by atoms with Gasteiger partial charge >= 0.3 is 5.97 Å². The van der Waals surface area contributed by atoms with E-state index < -0.39 is 22.1 Å². The third-order valence-electron chi connectivity index (χ3n) is 8.02. The Balaban J connectivity index is 1.46. The predicted molar refractivity (Wildman–Crippen MR) is 144 cm³/mol. The van der Waals surface area contributed by atoms with Crippen molar-refractivity contribution in [2.24, 2.45) is 11.3 Å². The number of hydrogen-bond donors (Lipinski definition) is 1. The van der Waals surface area contributed by atoms with Gasteiger partial charge in [0.15, 0.2) is 0 Å². The van der Waals surface area contributed by atoms with Crippen molar-refractivity contribution in [1.29, 1.82) is 0 Å². The van der Waals surface area contributed by atoms with Crippen molar-refractivity contribution >= 4 is 22.1 Å². The Labute approximate surface area is 227 Å². The summed E-state index contributed by atoms with van der Waals surface area (Å²) in [5, 5.41) is 14.8. The van der Waals surface area contributed by atoms with Crippen LogP contribution in [0.4, 0.5) is 4.39 Å². The number of allylic oxidation sites excluding steroid dienone is 1. The maximum absolute atomic E-state index is 13.9.